The predicted molar refractivity (Wildman–Crippen MR) is 164 cm³/mol. The molecule has 3 fully saturated rings. The van der Waals surface area contributed by atoms with Gasteiger partial charge in [-0.15, -0.1) is 0 Å². The number of amides is 1. The summed E-state index contributed by atoms with van der Waals surface area (Å²) in [5.41, 5.74) is 0.253. The summed E-state index contributed by atoms with van der Waals surface area (Å²) in [4.78, 5) is 27.7. The smallest absolute Gasteiger partial charge is 0.379 e. The van der Waals surface area contributed by atoms with E-state index in [1.807, 2.05) is 11.9 Å². The Bertz CT molecular complexity index is 1220. The first kappa shape index (κ1) is 32.4. The van der Waals surface area contributed by atoms with Crippen molar-refractivity contribution in [2.24, 2.45) is 5.92 Å². The molecule has 10 nitrogen and oxygen atoms in total. The molecule has 1 aliphatic carbocycles. The maximum atomic E-state index is 13.9. The van der Waals surface area contributed by atoms with Gasteiger partial charge in [0.2, 0.25) is 5.95 Å². The van der Waals surface area contributed by atoms with Crippen LogP contribution in [0.4, 0.5) is 30.6 Å². The van der Waals surface area contributed by atoms with E-state index in [9.17, 15) is 18.0 Å². The minimum atomic E-state index is -4.59. The van der Waals surface area contributed by atoms with E-state index in [4.69, 9.17) is 4.74 Å². The number of carbonyl (C=O) groups is 1. The normalized spacial score (nSPS) is 22.2. The number of nitrogens with zero attached hydrogens (tertiary/aromatic N) is 5. The van der Waals surface area contributed by atoms with Crippen molar-refractivity contribution in [3.8, 4) is 0 Å². The zero-order valence-electron chi connectivity index (χ0n) is 25.7. The van der Waals surface area contributed by atoms with Crippen LogP contribution in [-0.2, 0) is 10.9 Å². The van der Waals surface area contributed by atoms with Crippen molar-refractivity contribution in [3.63, 3.8) is 0 Å². The van der Waals surface area contributed by atoms with E-state index in [1.165, 1.54) is 0 Å². The van der Waals surface area contributed by atoms with Gasteiger partial charge in [-0.05, 0) is 82.5 Å². The highest BCUT2D eigenvalue weighted by Crippen LogP contribution is 2.36. The molecular formula is C31H45F3N8O2. The molecule has 0 radical (unpaired) electrons. The summed E-state index contributed by atoms with van der Waals surface area (Å²) in [7, 11) is 3.92. The fourth-order valence-corrected chi connectivity index (χ4v) is 6.33. The van der Waals surface area contributed by atoms with Crippen LogP contribution in [-0.4, -0.2) is 116 Å². The fraction of sp³-hybridized carbons (Fsp3) is 0.645. The molecule has 2 aromatic rings. The van der Waals surface area contributed by atoms with Gasteiger partial charge in [0.25, 0.3) is 5.91 Å². The Hall–Kier alpha value is -3.00. The van der Waals surface area contributed by atoms with Crippen LogP contribution in [0.3, 0.4) is 0 Å². The summed E-state index contributed by atoms with van der Waals surface area (Å²) in [6, 6.07) is 6.96. The average molecular weight is 619 g/mol. The summed E-state index contributed by atoms with van der Waals surface area (Å²) in [5, 5.41) is 9.63. The summed E-state index contributed by atoms with van der Waals surface area (Å²) in [6.45, 7) is 7.79. The van der Waals surface area contributed by atoms with Crippen molar-refractivity contribution < 1.29 is 22.7 Å². The number of morpholine rings is 1. The van der Waals surface area contributed by atoms with Crippen LogP contribution in [0.15, 0.2) is 30.5 Å². The van der Waals surface area contributed by atoms with E-state index in [-0.39, 0.29) is 35.7 Å². The third-order valence-corrected chi connectivity index (χ3v) is 9.13. The molecule has 2 unspecified atom stereocenters. The lowest BCUT2D eigenvalue weighted by Crippen LogP contribution is -2.44. The lowest BCUT2D eigenvalue weighted by Gasteiger charge is -2.35. The van der Waals surface area contributed by atoms with Crippen LogP contribution >= 0.6 is 0 Å². The van der Waals surface area contributed by atoms with Crippen molar-refractivity contribution in [1.82, 2.24) is 30.0 Å². The number of rotatable bonds is 11. The number of nitrogens with one attached hydrogen (secondary N) is 3. The Balaban J connectivity index is 1.19. The molecule has 1 amide bonds. The topological polar surface area (TPSA) is 97.9 Å². The zero-order chi connectivity index (χ0) is 31.1. The van der Waals surface area contributed by atoms with Gasteiger partial charge in [0.15, 0.2) is 0 Å². The van der Waals surface area contributed by atoms with Crippen molar-refractivity contribution >= 4 is 23.4 Å². The largest absolute Gasteiger partial charge is 0.421 e. The third-order valence-electron chi connectivity index (χ3n) is 9.13. The average Bonchev–Trinajstić information content (AvgIpc) is 3.46. The van der Waals surface area contributed by atoms with Gasteiger partial charge in [0, 0.05) is 62.8 Å². The van der Waals surface area contributed by atoms with Crippen LogP contribution < -0.4 is 16.0 Å². The predicted octanol–water partition coefficient (Wildman–Crippen LogP) is 3.91. The van der Waals surface area contributed by atoms with Crippen LogP contribution in [0.25, 0.3) is 0 Å². The van der Waals surface area contributed by atoms with E-state index < -0.39 is 11.7 Å². The van der Waals surface area contributed by atoms with Crippen LogP contribution in [0.5, 0.6) is 0 Å². The van der Waals surface area contributed by atoms with Gasteiger partial charge < -0.3 is 30.5 Å². The quantitative estimate of drug-likeness (QED) is 0.324. The molecule has 13 heteroatoms. The number of piperidine rings is 1. The Kier molecular flexibility index (Phi) is 10.9. The SMILES string of the molecule is CN1CCC(N(C)C(=O)c2ccc(Nc3ncc(C(F)(F)F)c(NC4CCCC4CNCCN4CCOCC4)n3)cc2)CC1. The van der Waals surface area contributed by atoms with E-state index >= 15 is 0 Å². The van der Waals surface area contributed by atoms with Gasteiger partial charge in [0.1, 0.15) is 11.4 Å². The summed E-state index contributed by atoms with van der Waals surface area (Å²) < 4.78 is 47.2. The van der Waals surface area contributed by atoms with Gasteiger partial charge in [-0.25, -0.2) is 4.98 Å². The van der Waals surface area contributed by atoms with Gasteiger partial charge >= 0.3 is 6.18 Å². The van der Waals surface area contributed by atoms with Crippen molar-refractivity contribution in [3.05, 3.63) is 41.6 Å². The first-order chi connectivity index (χ1) is 21.2. The second kappa shape index (κ2) is 14.9. The maximum absolute atomic E-state index is 13.9. The van der Waals surface area contributed by atoms with Gasteiger partial charge in [-0.3, -0.25) is 9.69 Å². The first-order valence-electron chi connectivity index (χ1n) is 15.7. The van der Waals surface area contributed by atoms with E-state index in [0.717, 1.165) is 97.3 Å². The van der Waals surface area contributed by atoms with Crippen LogP contribution in [0.1, 0.15) is 48.0 Å². The maximum Gasteiger partial charge on any atom is 0.421 e. The molecule has 1 aromatic carbocycles. The van der Waals surface area contributed by atoms with Crippen molar-refractivity contribution in [2.75, 3.05) is 83.8 Å². The van der Waals surface area contributed by atoms with Gasteiger partial charge in [-0.1, -0.05) is 6.42 Å². The Labute approximate surface area is 257 Å². The first-order valence-corrected chi connectivity index (χ1v) is 15.7. The number of hydrogen-bond acceptors (Lipinski definition) is 9. The number of anilines is 3. The molecule has 5 rings (SSSR count). The molecular weight excluding hydrogens is 573 g/mol. The number of ether oxygens (including phenoxy) is 1. The van der Waals surface area contributed by atoms with Crippen molar-refractivity contribution in [2.45, 2.75) is 50.4 Å². The van der Waals surface area contributed by atoms with E-state index in [1.54, 1.807) is 24.3 Å². The van der Waals surface area contributed by atoms with Crippen molar-refractivity contribution in [1.29, 1.82) is 0 Å². The van der Waals surface area contributed by atoms with Crippen LogP contribution in [0, 0.1) is 5.92 Å². The number of aromatic nitrogens is 2. The monoisotopic (exact) mass is 618 g/mol. The molecule has 2 saturated heterocycles. The highest BCUT2D eigenvalue weighted by molar-refractivity contribution is 5.94. The third kappa shape index (κ3) is 8.58. The molecule has 242 valence electrons. The molecule has 3 aliphatic rings. The summed E-state index contributed by atoms with van der Waals surface area (Å²) in [5.74, 6) is -0.0112. The second-order valence-electron chi connectivity index (χ2n) is 12.2. The van der Waals surface area contributed by atoms with E-state index in [2.05, 4.69) is 42.8 Å². The lowest BCUT2D eigenvalue weighted by atomic mass is 10.0. The number of halogens is 3. The van der Waals surface area contributed by atoms with E-state index in [0.29, 0.717) is 11.3 Å². The molecule has 0 spiro atoms. The van der Waals surface area contributed by atoms with Gasteiger partial charge in [-0.2, -0.15) is 18.2 Å². The highest BCUT2D eigenvalue weighted by atomic mass is 19.4. The number of benzene rings is 1. The lowest BCUT2D eigenvalue weighted by molar-refractivity contribution is -0.137. The number of carbonyl (C=O) groups excluding carboxylic acids is 1. The molecule has 2 aliphatic heterocycles. The molecule has 3 heterocycles. The Morgan fingerprint density at radius 3 is 2.50 bits per heavy atom. The minimum Gasteiger partial charge on any atom is -0.379 e. The zero-order valence-corrected chi connectivity index (χ0v) is 25.7. The van der Waals surface area contributed by atoms with Crippen LogP contribution in [0.2, 0.25) is 0 Å². The molecule has 3 N–H and O–H groups in total. The molecule has 0 bridgehead atoms. The van der Waals surface area contributed by atoms with Gasteiger partial charge in [0.05, 0.1) is 13.2 Å². The Morgan fingerprint density at radius 2 is 1.80 bits per heavy atom. The molecule has 2 atom stereocenters. The molecule has 1 aromatic heterocycles. The fourth-order valence-electron chi connectivity index (χ4n) is 6.33. The summed E-state index contributed by atoms with van der Waals surface area (Å²) >= 11 is 0. The number of hydrogen-bond donors (Lipinski definition) is 3. The molecule has 1 saturated carbocycles. The Morgan fingerprint density at radius 1 is 1.07 bits per heavy atom. The number of alkyl halides is 3. The molecule has 44 heavy (non-hydrogen) atoms. The standard InChI is InChI=1S/C31H45F3N8O2/c1-40-13-10-25(11-14-40)41(2)29(43)22-6-8-24(9-7-22)37-30-36-21-26(31(32,33)34)28(39-30)38-27-5-3-4-23(27)20-35-12-15-42-16-18-44-19-17-42/h6-9,21,23,25,27,35H,3-5,10-20H2,1-2H3,(H2,36,37,38,39). The number of likely N-dealkylation sites (tertiary alicyclic amines) is 1. The highest BCUT2D eigenvalue weighted by Gasteiger charge is 2.37. The summed E-state index contributed by atoms with van der Waals surface area (Å²) in [6.07, 6.45) is 0.784. The second-order valence-corrected chi connectivity index (χ2v) is 12.2. The minimum absolute atomic E-state index is 0.0509.